The highest BCUT2D eigenvalue weighted by Gasteiger charge is 2.54. The van der Waals surface area contributed by atoms with Gasteiger partial charge in [-0.3, -0.25) is 20.4 Å². The second-order valence-corrected chi connectivity index (χ2v) is 9.93. The van der Waals surface area contributed by atoms with E-state index in [4.69, 9.17) is 0 Å². The van der Waals surface area contributed by atoms with E-state index < -0.39 is 0 Å². The number of hydrazine groups is 1. The van der Waals surface area contributed by atoms with Crippen LogP contribution in [0.2, 0.25) is 0 Å². The molecular weight excluding hydrogens is 324 g/mol. The zero-order valence-electron chi connectivity index (χ0n) is 16.1. The molecule has 5 rings (SSSR count). The minimum absolute atomic E-state index is 0.0243. The van der Waals surface area contributed by atoms with Crippen LogP contribution in [0, 0.1) is 23.2 Å². The van der Waals surface area contributed by atoms with Crippen molar-refractivity contribution in [3.8, 4) is 0 Å². The van der Waals surface area contributed by atoms with Crippen LogP contribution in [0.5, 0.6) is 0 Å². The molecule has 1 aromatic carbocycles. The standard InChI is InChI=1S/C22H30N2O2/c1-21(2,3)18-6-4-17(5-7-18)19(25)23-24-20(26)22-11-14-8-15(12-22)10-16(9-14)13-22/h4-7,14-16H,8-13H2,1-3H3,(H,23,25)(H,24,26). The Kier molecular flexibility index (Phi) is 4.13. The molecule has 4 bridgehead atoms. The largest absolute Gasteiger partial charge is 0.273 e. The molecule has 26 heavy (non-hydrogen) atoms. The van der Waals surface area contributed by atoms with Crippen molar-refractivity contribution in [2.75, 3.05) is 0 Å². The zero-order chi connectivity index (χ0) is 18.5. The van der Waals surface area contributed by atoms with Crippen molar-refractivity contribution >= 4 is 11.8 Å². The van der Waals surface area contributed by atoms with Crippen LogP contribution in [0.4, 0.5) is 0 Å². The highest BCUT2D eigenvalue weighted by molar-refractivity contribution is 5.96. The highest BCUT2D eigenvalue weighted by atomic mass is 16.2. The monoisotopic (exact) mass is 354 g/mol. The topological polar surface area (TPSA) is 58.2 Å². The van der Waals surface area contributed by atoms with Crippen molar-refractivity contribution in [1.29, 1.82) is 0 Å². The quantitative estimate of drug-likeness (QED) is 0.790. The van der Waals surface area contributed by atoms with Gasteiger partial charge in [-0.2, -0.15) is 0 Å². The Labute approximate surface area is 156 Å². The Morgan fingerprint density at radius 2 is 1.38 bits per heavy atom. The Morgan fingerprint density at radius 3 is 1.85 bits per heavy atom. The predicted molar refractivity (Wildman–Crippen MR) is 101 cm³/mol. The maximum atomic E-state index is 12.9. The van der Waals surface area contributed by atoms with Crippen molar-refractivity contribution in [2.24, 2.45) is 23.2 Å². The lowest BCUT2D eigenvalue weighted by atomic mass is 9.49. The molecule has 0 spiro atoms. The fourth-order valence-electron chi connectivity index (χ4n) is 5.83. The van der Waals surface area contributed by atoms with Crippen LogP contribution in [0.1, 0.15) is 75.2 Å². The van der Waals surface area contributed by atoms with Crippen molar-refractivity contribution in [3.05, 3.63) is 35.4 Å². The smallest absolute Gasteiger partial charge is 0.269 e. The van der Waals surface area contributed by atoms with Crippen molar-refractivity contribution in [3.63, 3.8) is 0 Å². The number of rotatable bonds is 2. The summed E-state index contributed by atoms with van der Waals surface area (Å²) in [6, 6.07) is 7.62. The van der Waals surface area contributed by atoms with Gasteiger partial charge in [-0.05, 0) is 79.4 Å². The number of carbonyl (C=O) groups is 2. The third kappa shape index (κ3) is 3.15. The molecule has 4 aliphatic carbocycles. The van der Waals surface area contributed by atoms with Crippen LogP contribution >= 0.6 is 0 Å². The first kappa shape index (κ1) is 17.6. The van der Waals surface area contributed by atoms with Gasteiger partial charge in [0.05, 0.1) is 5.41 Å². The third-order valence-corrected chi connectivity index (χ3v) is 6.82. The number of amides is 2. The lowest BCUT2D eigenvalue weighted by Crippen LogP contribution is -2.56. The molecule has 0 aromatic heterocycles. The van der Waals surface area contributed by atoms with Crippen molar-refractivity contribution in [2.45, 2.75) is 64.7 Å². The van der Waals surface area contributed by atoms with Gasteiger partial charge >= 0.3 is 0 Å². The van der Waals surface area contributed by atoms with Gasteiger partial charge in [0, 0.05) is 5.56 Å². The first-order chi connectivity index (χ1) is 12.2. The number of hydrogen-bond donors (Lipinski definition) is 2. The van der Waals surface area contributed by atoms with Gasteiger partial charge in [0.2, 0.25) is 5.91 Å². The predicted octanol–water partition coefficient (Wildman–Crippen LogP) is 3.96. The summed E-state index contributed by atoms with van der Waals surface area (Å²) in [5.74, 6) is 1.92. The maximum absolute atomic E-state index is 12.9. The molecule has 4 nitrogen and oxygen atoms in total. The molecule has 2 amide bonds. The van der Waals surface area contributed by atoms with E-state index in [0.29, 0.717) is 23.3 Å². The van der Waals surface area contributed by atoms with E-state index in [9.17, 15) is 9.59 Å². The fourth-order valence-corrected chi connectivity index (χ4v) is 5.83. The average molecular weight is 354 g/mol. The number of benzene rings is 1. The van der Waals surface area contributed by atoms with Crippen molar-refractivity contribution < 1.29 is 9.59 Å². The summed E-state index contributed by atoms with van der Waals surface area (Å²) in [6.45, 7) is 6.44. The molecule has 4 heteroatoms. The molecular formula is C22H30N2O2. The Balaban J connectivity index is 1.38. The molecule has 0 heterocycles. The summed E-state index contributed by atoms with van der Waals surface area (Å²) >= 11 is 0. The fraction of sp³-hybridized carbons (Fsp3) is 0.636. The first-order valence-electron chi connectivity index (χ1n) is 9.96. The number of hydrogen-bond acceptors (Lipinski definition) is 2. The third-order valence-electron chi connectivity index (χ3n) is 6.82. The van der Waals surface area contributed by atoms with E-state index in [2.05, 4.69) is 31.6 Å². The molecule has 0 saturated heterocycles. The molecule has 0 radical (unpaired) electrons. The van der Waals surface area contributed by atoms with Gasteiger partial charge in [0.25, 0.3) is 5.91 Å². The number of nitrogens with one attached hydrogen (secondary N) is 2. The summed E-state index contributed by atoms with van der Waals surface area (Å²) in [4.78, 5) is 25.3. The molecule has 1 aromatic rings. The van der Waals surface area contributed by atoms with E-state index in [0.717, 1.165) is 19.3 Å². The van der Waals surface area contributed by atoms with Gasteiger partial charge in [-0.15, -0.1) is 0 Å². The van der Waals surface area contributed by atoms with Crippen molar-refractivity contribution in [1.82, 2.24) is 10.9 Å². The van der Waals surface area contributed by atoms with Crippen LogP contribution in [0.15, 0.2) is 24.3 Å². The SMILES string of the molecule is CC(C)(C)c1ccc(C(=O)NNC(=O)C23CC4CC(CC(C4)C2)C3)cc1. The molecule has 4 aliphatic rings. The van der Waals surface area contributed by atoms with Crippen LogP contribution in [0.3, 0.4) is 0 Å². The van der Waals surface area contributed by atoms with Crippen LogP contribution < -0.4 is 10.9 Å². The molecule has 4 saturated carbocycles. The van der Waals surface area contributed by atoms with Gasteiger partial charge in [-0.1, -0.05) is 32.9 Å². The van der Waals surface area contributed by atoms with Crippen LogP contribution in [-0.4, -0.2) is 11.8 Å². The second kappa shape index (κ2) is 6.11. The van der Waals surface area contributed by atoms with E-state index in [1.54, 1.807) is 0 Å². The van der Waals surface area contributed by atoms with Gasteiger partial charge in [0.15, 0.2) is 0 Å². The van der Waals surface area contributed by atoms with Gasteiger partial charge in [-0.25, -0.2) is 0 Å². The lowest BCUT2D eigenvalue weighted by molar-refractivity contribution is -0.147. The Morgan fingerprint density at radius 1 is 0.885 bits per heavy atom. The molecule has 4 fully saturated rings. The minimum Gasteiger partial charge on any atom is -0.273 e. The molecule has 0 aliphatic heterocycles. The summed E-state index contributed by atoms with van der Waals surface area (Å²) in [6.07, 6.45) is 6.92. The number of carbonyl (C=O) groups excluding carboxylic acids is 2. The van der Waals surface area contributed by atoms with Crippen LogP contribution in [-0.2, 0) is 10.2 Å². The summed E-state index contributed by atoms with van der Waals surface area (Å²) in [7, 11) is 0. The van der Waals surface area contributed by atoms with Crippen LogP contribution in [0.25, 0.3) is 0 Å². The van der Waals surface area contributed by atoms with E-state index in [1.807, 2.05) is 24.3 Å². The normalized spacial score (nSPS) is 32.3. The second-order valence-electron chi connectivity index (χ2n) is 9.93. The minimum atomic E-state index is -0.247. The summed E-state index contributed by atoms with van der Waals surface area (Å²) < 4.78 is 0. The zero-order valence-corrected chi connectivity index (χ0v) is 16.1. The van der Waals surface area contributed by atoms with Gasteiger partial charge in [0.1, 0.15) is 0 Å². The van der Waals surface area contributed by atoms with E-state index >= 15 is 0 Å². The lowest BCUT2D eigenvalue weighted by Gasteiger charge is -2.55. The summed E-state index contributed by atoms with van der Waals surface area (Å²) in [5, 5.41) is 0. The molecule has 140 valence electrons. The highest BCUT2D eigenvalue weighted by Crippen LogP contribution is 2.60. The molecule has 2 N–H and O–H groups in total. The molecule has 0 atom stereocenters. The Bertz CT molecular complexity index is 679. The van der Waals surface area contributed by atoms with Gasteiger partial charge < -0.3 is 0 Å². The first-order valence-corrected chi connectivity index (χ1v) is 9.96. The van der Waals surface area contributed by atoms with E-state index in [1.165, 1.54) is 24.8 Å². The summed E-state index contributed by atoms with van der Waals surface area (Å²) in [5.41, 5.74) is 6.97. The Hall–Kier alpha value is -1.84. The maximum Gasteiger partial charge on any atom is 0.269 e. The average Bonchev–Trinajstić information content (AvgIpc) is 2.57. The molecule has 0 unspecified atom stereocenters. The van der Waals surface area contributed by atoms with E-state index in [-0.39, 0.29) is 22.6 Å².